The Morgan fingerprint density at radius 3 is 2.59 bits per heavy atom. The zero-order valence-corrected chi connectivity index (χ0v) is 14.4. The topological polar surface area (TPSA) is 21.3 Å². The number of nitrogens with one attached hydrogen (secondary N) is 1. The van der Waals surface area contributed by atoms with Crippen molar-refractivity contribution in [2.45, 2.75) is 26.2 Å². The third kappa shape index (κ3) is 4.56. The van der Waals surface area contributed by atoms with Gasteiger partial charge < -0.3 is 10.1 Å². The van der Waals surface area contributed by atoms with Crippen molar-refractivity contribution >= 4 is 28.9 Å². The van der Waals surface area contributed by atoms with Crippen LogP contribution in [0.5, 0.6) is 5.75 Å². The summed E-state index contributed by atoms with van der Waals surface area (Å²) in [6.45, 7) is 5.70. The van der Waals surface area contributed by atoms with E-state index < -0.39 is 0 Å². The molecule has 1 unspecified atom stereocenters. The molecule has 2 nitrogen and oxygen atoms in total. The predicted octanol–water partition coefficient (Wildman–Crippen LogP) is 6.00. The van der Waals surface area contributed by atoms with Crippen molar-refractivity contribution in [1.29, 1.82) is 0 Å². The molecule has 1 N–H and O–H groups in total. The molecule has 0 aromatic heterocycles. The molecule has 0 amide bonds. The molecule has 2 aromatic carbocycles. The average Bonchev–Trinajstić information content (AvgIpc) is 2.54. The summed E-state index contributed by atoms with van der Waals surface area (Å²) < 4.78 is 5.91. The van der Waals surface area contributed by atoms with Crippen molar-refractivity contribution in [2.24, 2.45) is 0 Å². The molecule has 2 aromatic rings. The van der Waals surface area contributed by atoms with Crippen LogP contribution >= 0.6 is 23.2 Å². The van der Waals surface area contributed by atoms with Crippen LogP contribution in [0.1, 0.15) is 31.7 Å². The number of rotatable bonds is 7. The molecule has 0 aliphatic heterocycles. The SMILES string of the molecule is CCC(C)c1ccccc1OCCNc1ccc(Cl)c(Cl)c1. The number of benzene rings is 2. The van der Waals surface area contributed by atoms with E-state index in [4.69, 9.17) is 27.9 Å². The summed E-state index contributed by atoms with van der Waals surface area (Å²) in [4.78, 5) is 0. The summed E-state index contributed by atoms with van der Waals surface area (Å²) in [5, 5.41) is 4.39. The molecule has 0 radical (unpaired) electrons. The first kappa shape index (κ1) is 17.0. The lowest BCUT2D eigenvalue weighted by molar-refractivity contribution is 0.327. The third-order valence-corrected chi connectivity index (χ3v) is 4.41. The van der Waals surface area contributed by atoms with Gasteiger partial charge in [0.25, 0.3) is 0 Å². The summed E-state index contributed by atoms with van der Waals surface area (Å²) in [6.07, 6.45) is 1.10. The zero-order valence-electron chi connectivity index (χ0n) is 12.9. The highest BCUT2D eigenvalue weighted by molar-refractivity contribution is 6.42. The first-order chi connectivity index (χ1) is 10.6. The average molecular weight is 338 g/mol. The van der Waals surface area contributed by atoms with E-state index >= 15 is 0 Å². The second kappa shape index (κ2) is 8.30. The summed E-state index contributed by atoms with van der Waals surface area (Å²) in [6, 6.07) is 13.7. The van der Waals surface area contributed by atoms with E-state index in [2.05, 4.69) is 31.3 Å². The molecule has 0 saturated heterocycles. The number of halogens is 2. The Morgan fingerprint density at radius 1 is 1.09 bits per heavy atom. The van der Waals surface area contributed by atoms with Crippen LogP contribution in [-0.4, -0.2) is 13.2 Å². The minimum atomic E-state index is 0.499. The van der Waals surface area contributed by atoms with E-state index in [-0.39, 0.29) is 0 Å². The maximum Gasteiger partial charge on any atom is 0.122 e. The quantitative estimate of drug-likeness (QED) is 0.625. The largest absolute Gasteiger partial charge is 0.491 e. The third-order valence-electron chi connectivity index (χ3n) is 3.67. The second-order valence-corrected chi connectivity index (χ2v) is 6.07. The van der Waals surface area contributed by atoms with E-state index in [9.17, 15) is 0 Å². The highest BCUT2D eigenvalue weighted by Gasteiger charge is 2.09. The Bertz CT molecular complexity index is 616. The molecule has 1 atom stereocenters. The van der Waals surface area contributed by atoms with E-state index in [0.717, 1.165) is 17.9 Å². The van der Waals surface area contributed by atoms with Crippen molar-refractivity contribution in [2.75, 3.05) is 18.5 Å². The van der Waals surface area contributed by atoms with Crippen LogP contribution in [0.15, 0.2) is 42.5 Å². The summed E-state index contributed by atoms with van der Waals surface area (Å²) in [5.41, 5.74) is 2.20. The molecule has 0 aliphatic carbocycles. The molecular weight excluding hydrogens is 317 g/mol. The van der Waals surface area contributed by atoms with Crippen LogP contribution in [0.4, 0.5) is 5.69 Å². The van der Waals surface area contributed by atoms with Gasteiger partial charge in [-0.15, -0.1) is 0 Å². The monoisotopic (exact) mass is 337 g/mol. The molecule has 4 heteroatoms. The van der Waals surface area contributed by atoms with Gasteiger partial charge >= 0.3 is 0 Å². The van der Waals surface area contributed by atoms with Crippen LogP contribution < -0.4 is 10.1 Å². The van der Waals surface area contributed by atoms with Crippen molar-refractivity contribution < 1.29 is 4.74 Å². The lowest BCUT2D eigenvalue weighted by Gasteiger charge is -2.16. The normalized spacial score (nSPS) is 12.0. The first-order valence-corrected chi connectivity index (χ1v) is 8.28. The Labute approximate surface area is 142 Å². The van der Waals surface area contributed by atoms with Gasteiger partial charge in [-0.25, -0.2) is 0 Å². The van der Waals surface area contributed by atoms with Gasteiger partial charge in [0.15, 0.2) is 0 Å². The first-order valence-electron chi connectivity index (χ1n) is 7.52. The minimum Gasteiger partial charge on any atom is -0.491 e. The molecule has 0 spiro atoms. The van der Waals surface area contributed by atoms with Gasteiger partial charge in [-0.3, -0.25) is 0 Å². The van der Waals surface area contributed by atoms with Gasteiger partial charge in [0.05, 0.1) is 10.0 Å². The van der Waals surface area contributed by atoms with Crippen molar-refractivity contribution in [3.63, 3.8) is 0 Å². The number of anilines is 1. The lowest BCUT2D eigenvalue weighted by atomic mass is 9.98. The van der Waals surface area contributed by atoms with Crippen molar-refractivity contribution in [1.82, 2.24) is 0 Å². The maximum atomic E-state index is 5.99. The van der Waals surface area contributed by atoms with Crippen LogP contribution in [0.2, 0.25) is 10.0 Å². The van der Waals surface area contributed by atoms with Crippen molar-refractivity contribution in [3.05, 3.63) is 58.1 Å². The van der Waals surface area contributed by atoms with E-state index in [1.54, 1.807) is 6.07 Å². The van der Waals surface area contributed by atoms with Gasteiger partial charge in [-0.05, 0) is 42.2 Å². The minimum absolute atomic E-state index is 0.499. The van der Waals surface area contributed by atoms with E-state index in [0.29, 0.717) is 29.1 Å². The number of hydrogen-bond acceptors (Lipinski definition) is 2. The summed E-state index contributed by atoms with van der Waals surface area (Å²) in [5.74, 6) is 1.46. The van der Waals surface area contributed by atoms with Gasteiger partial charge in [0, 0.05) is 12.2 Å². The number of para-hydroxylation sites is 1. The molecule has 0 saturated carbocycles. The molecule has 0 aliphatic rings. The van der Waals surface area contributed by atoms with E-state index in [1.807, 2.05) is 24.3 Å². The fourth-order valence-electron chi connectivity index (χ4n) is 2.20. The summed E-state index contributed by atoms with van der Waals surface area (Å²) in [7, 11) is 0. The van der Waals surface area contributed by atoms with Crippen LogP contribution in [-0.2, 0) is 0 Å². The summed E-state index contributed by atoms with van der Waals surface area (Å²) >= 11 is 11.9. The van der Waals surface area contributed by atoms with Crippen LogP contribution in [0, 0.1) is 0 Å². The molecule has 22 heavy (non-hydrogen) atoms. The Morgan fingerprint density at radius 2 is 1.86 bits per heavy atom. The lowest BCUT2D eigenvalue weighted by Crippen LogP contribution is -2.12. The van der Waals surface area contributed by atoms with Gasteiger partial charge in [-0.1, -0.05) is 55.2 Å². The number of hydrogen-bond donors (Lipinski definition) is 1. The highest BCUT2D eigenvalue weighted by Crippen LogP contribution is 2.28. The zero-order chi connectivity index (χ0) is 15.9. The van der Waals surface area contributed by atoms with Crippen LogP contribution in [0.25, 0.3) is 0 Å². The fourth-order valence-corrected chi connectivity index (χ4v) is 2.50. The predicted molar refractivity (Wildman–Crippen MR) is 95.6 cm³/mol. The second-order valence-electron chi connectivity index (χ2n) is 5.25. The fraction of sp³-hybridized carbons (Fsp3) is 0.333. The molecule has 118 valence electrons. The van der Waals surface area contributed by atoms with Gasteiger partial charge in [0.1, 0.15) is 12.4 Å². The van der Waals surface area contributed by atoms with Gasteiger partial charge in [-0.2, -0.15) is 0 Å². The molecule has 0 fully saturated rings. The van der Waals surface area contributed by atoms with Gasteiger partial charge in [0.2, 0.25) is 0 Å². The molecule has 0 heterocycles. The maximum absolute atomic E-state index is 5.99. The molecule has 2 rings (SSSR count). The smallest absolute Gasteiger partial charge is 0.122 e. The Hall–Kier alpha value is -1.38. The molecular formula is C18H21Cl2NO. The Kier molecular flexibility index (Phi) is 6.41. The standard InChI is InChI=1S/C18H21Cl2NO/c1-3-13(2)15-6-4-5-7-18(15)22-11-10-21-14-8-9-16(19)17(20)12-14/h4-9,12-13,21H,3,10-11H2,1-2H3. The number of ether oxygens (including phenoxy) is 1. The van der Waals surface area contributed by atoms with Crippen LogP contribution in [0.3, 0.4) is 0 Å². The van der Waals surface area contributed by atoms with Crippen molar-refractivity contribution in [3.8, 4) is 5.75 Å². The van der Waals surface area contributed by atoms with E-state index in [1.165, 1.54) is 5.56 Å². The Balaban J connectivity index is 1.87. The highest BCUT2D eigenvalue weighted by atomic mass is 35.5. The molecule has 0 bridgehead atoms.